The molecular weight excluding hydrogens is 246 g/mol. The first kappa shape index (κ1) is 15.5. The molecule has 0 aliphatic carbocycles. The van der Waals surface area contributed by atoms with Gasteiger partial charge >= 0.3 is 5.97 Å². The summed E-state index contributed by atoms with van der Waals surface area (Å²) in [6.45, 7) is 4.08. The summed E-state index contributed by atoms with van der Waals surface area (Å²) in [5, 5.41) is 21.9. The monoisotopic (exact) mass is 267 g/mol. The molecular formula is C14H21NO4. The molecule has 0 fully saturated rings. The second kappa shape index (κ2) is 7.11. The number of hydrogen-bond acceptors (Lipinski definition) is 4. The molecule has 2 atom stereocenters. The van der Waals surface area contributed by atoms with E-state index < -0.39 is 12.1 Å². The number of rotatable bonds is 7. The summed E-state index contributed by atoms with van der Waals surface area (Å²) >= 11 is 0. The summed E-state index contributed by atoms with van der Waals surface area (Å²) in [7, 11) is 1.56. The molecule has 0 aliphatic rings. The van der Waals surface area contributed by atoms with Crippen molar-refractivity contribution in [1.29, 1.82) is 0 Å². The fourth-order valence-corrected chi connectivity index (χ4v) is 1.87. The molecule has 0 heterocycles. The quantitative estimate of drug-likeness (QED) is 0.697. The Morgan fingerprint density at radius 2 is 2.16 bits per heavy atom. The van der Waals surface area contributed by atoms with Crippen molar-refractivity contribution in [3.8, 4) is 5.75 Å². The van der Waals surface area contributed by atoms with Crippen LogP contribution in [0.1, 0.15) is 30.6 Å². The SMILES string of the molecule is COc1ccc(C)cc1C(O)C(C)NCCC(=O)O. The normalized spacial score (nSPS) is 13.9. The largest absolute Gasteiger partial charge is 0.496 e. The van der Waals surface area contributed by atoms with Crippen LogP contribution in [0, 0.1) is 6.92 Å². The topological polar surface area (TPSA) is 78.8 Å². The van der Waals surface area contributed by atoms with E-state index in [-0.39, 0.29) is 12.5 Å². The van der Waals surface area contributed by atoms with E-state index in [1.165, 1.54) is 0 Å². The maximum atomic E-state index is 10.4. The van der Waals surface area contributed by atoms with E-state index in [9.17, 15) is 9.90 Å². The van der Waals surface area contributed by atoms with Crippen LogP contribution in [-0.2, 0) is 4.79 Å². The Labute approximate surface area is 113 Å². The standard InChI is InChI=1S/C14H21NO4/c1-9-4-5-12(19-3)11(8-9)14(18)10(2)15-7-6-13(16)17/h4-5,8,10,14-15,18H,6-7H2,1-3H3,(H,16,17). The number of hydrogen-bond donors (Lipinski definition) is 3. The molecule has 0 aliphatic heterocycles. The Morgan fingerprint density at radius 1 is 1.47 bits per heavy atom. The van der Waals surface area contributed by atoms with Crippen LogP contribution in [-0.4, -0.2) is 35.9 Å². The van der Waals surface area contributed by atoms with E-state index in [0.717, 1.165) is 5.56 Å². The summed E-state index contributed by atoms with van der Waals surface area (Å²) in [4.78, 5) is 10.4. The number of aryl methyl sites for hydroxylation is 1. The van der Waals surface area contributed by atoms with E-state index in [1.54, 1.807) is 7.11 Å². The molecule has 19 heavy (non-hydrogen) atoms. The van der Waals surface area contributed by atoms with E-state index in [2.05, 4.69) is 5.32 Å². The molecule has 0 aromatic heterocycles. The van der Waals surface area contributed by atoms with Crippen LogP contribution in [0.5, 0.6) is 5.75 Å². The van der Waals surface area contributed by atoms with Crippen molar-refractivity contribution in [3.63, 3.8) is 0 Å². The molecule has 106 valence electrons. The Hall–Kier alpha value is -1.59. The third-order valence-corrected chi connectivity index (χ3v) is 2.98. The van der Waals surface area contributed by atoms with Gasteiger partial charge in [0.2, 0.25) is 0 Å². The van der Waals surface area contributed by atoms with Crippen LogP contribution >= 0.6 is 0 Å². The first-order valence-corrected chi connectivity index (χ1v) is 6.23. The Morgan fingerprint density at radius 3 is 2.74 bits per heavy atom. The number of ether oxygens (including phenoxy) is 1. The predicted molar refractivity (Wildman–Crippen MR) is 72.4 cm³/mol. The van der Waals surface area contributed by atoms with Crippen LogP contribution in [0.25, 0.3) is 0 Å². The van der Waals surface area contributed by atoms with E-state index in [0.29, 0.717) is 17.9 Å². The molecule has 2 unspecified atom stereocenters. The third-order valence-electron chi connectivity index (χ3n) is 2.98. The van der Waals surface area contributed by atoms with E-state index >= 15 is 0 Å². The molecule has 1 aromatic rings. The molecule has 1 rings (SSSR count). The van der Waals surface area contributed by atoms with Crippen molar-refractivity contribution in [2.75, 3.05) is 13.7 Å². The van der Waals surface area contributed by atoms with Crippen molar-refractivity contribution < 1.29 is 19.7 Å². The first-order chi connectivity index (χ1) is 8.95. The molecule has 0 spiro atoms. The molecule has 0 radical (unpaired) electrons. The lowest BCUT2D eigenvalue weighted by molar-refractivity contribution is -0.136. The average molecular weight is 267 g/mol. The summed E-state index contributed by atoms with van der Waals surface area (Å²) in [5.74, 6) is -0.229. The van der Waals surface area contributed by atoms with E-state index in [1.807, 2.05) is 32.0 Å². The summed E-state index contributed by atoms with van der Waals surface area (Å²) in [6, 6.07) is 5.35. The van der Waals surface area contributed by atoms with Gasteiger partial charge in [0.15, 0.2) is 0 Å². The van der Waals surface area contributed by atoms with Crippen LogP contribution in [0.4, 0.5) is 0 Å². The summed E-state index contributed by atoms with van der Waals surface area (Å²) < 4.78 is 5.23. The van der Waals surface area contributed by atoms with Gasteiger partial charge in [-0.1, -0.05) is 11.6 Å². The highest BCUT2D eigenvalue weighted by molar-refractivity contribution is 5.66. The van der Waals surface area contributed by atoms with Crippen molar-refractivity contribution in [2.45, 2.75) is 32.4 Å². The lowest BCUT2D eigenvalue weighted by Gasteiger charge is -2.22. The molecule has 5 heteroatoms. The van der Waals surface area contributed by atoms with Crippen molar-refractivity contribution >= 4 is 5.97 Å². The zero-order chi connectivity index (χ0) is 14.4. The van der Waals surface area contributed by atoms with E-state index in [4.69, 9.17) is 9.84 Å². The van der Waals surface area contributed by atoms with Gasteiger partial charge in [-0.25, -0.2) is 0 Å². The predicted octanol–water partition coefficient (Wildman–Crippen LogP) is 1.49. The number of methoxy groups -OCH3 is 1. The van der Waals surface area contributed by atoms with Gasteiger partial charge in [-0.3, -0.25) is 4.79 Å². The Kier molecular flexibility index (Phi) is 5.79. The van der Waals surface area contributed by atoms with Crippen molar-refractivity contribution in [1.82, 2.24) is 5.32 Å². The summed E-state index contributed by atoms with van der Waals surface area (Å²) in [6.07, 6.45) is -0.717. The number of carboxylic acid groups (broad SMARTS) is 1. The number of carboxylic acids is 1. The number of aliphatic hydroxyl groups is 1. The van der Waals surface area contributed by atoms with Crippen LogP contribution in [0.15, 0.2) is 18.2 Å². The van der Waals surface area contributed by atoms with Gasteiger partial charge in [-0.15, -0.1) is 0 Å². The Balaban J connectivity index is 2.72. The fourth-order valence-electron chi connectivity index (χ4n) is 1.87. The number of aliphatic hydroxyl groups excluding tert-OH is 1. The minimum absolute atomic E-state index is 0.0298. The molecule has 0 amide bonds. The van der Waals surface area contributed by atoms with Crippen LogP contribution < -0.4 is 10.1 Å². The molecule has 0 saturated heterocycles. The smallest absolute Gasteiger partial charge is 0.304 e. The number of aliphatic carboxylic acids is 1. The average Bonchev–Trinajstić information content (AvgIpc) is 2.37. The fraction of sp³-hybridized carbons (Fsp3) is 0.500. The van der Waals surface area contributed by atoms with Gasteiger partial charge in [-0.2, -0.15) is 0 Å². The first-order valence-electron chi connectivity index (χ1n) is 6.23. The lowest BCUT2D eigenvalue weighted by Crippen LogP contribution is -2.33. The minimum Gasteiger partial charge on any atom is -0.496 e. The lowest BCUT2D eigenvalue weighted by atomic mass is 10.0. The van der Waals surface area contributed by atoms with Crippen LogP contribution in [0.3, 0.4) is 0 Å². The van der Waals surface area contributed by atoms with Gasteiger partial charge < -0.3 is 20.3 Å². The maximum absolute atomic E-state index is 10.4. The minimum atomic E-state index is -0.859. The van der Waals surface area contributed by atoms with Gasteiger partial charge in [-0.05, 0) is 26.0 Å². The van der Waals surface area contributed by atoms with Gasteiger partial charge in [0, 0.05) is 18.2 Å². The van der Waals surface area contributed by atoms with Gasteiger partial charge in [0.05, 0.1) is 19.6 Å². The second-order valence-electron chi connectivity index (χ2n) is 4.58. The highest BCUT2D eigenvalue weighted by Crippen LogP contribution is 2.28. The molecule has 3 N–H and O–H groups in total. The zero-order valence-corrected chi connectivity index (χ0v) is 11.5. The number of benzene rings is 1. The zero-order valence-electron chi connectivity index (χ0n) is 11.5. The van der Waals surface area contributed by atoms with Crippen molar-refractivity contribution in [3.05, 3.63) is 29.3 Å². The maximum Gasteiger partial charge on any atom is 0.304 e. The van der Waals surface area contributed by atoms with Gasteiger partial charge in [0.1, 0.15) is 5.75 Å². The number of nitrogens with one attached hydrogen (secondary N) is 1. The molecule has 1 aromatic carbocycles. The Bertz CT molecular complexity index is 433. The number of carbonyl (C=O) groups is 1. The van der Waals surface area contributed by atoms with Crippen molar-refractivity contribution in [2.24, 2.45) is 0 Å². The molecule has 5 nitrogen and oxygen atoms in total. The highest BCUT2D eigenvalue weighted by Gasteiger charge is 2.20. The van der Waals surface area contributed by atoms with Crippen LogP contribution in [0.2, 0.25) is 0 Å². The third kappa shape index (κ3) is 4.54. The van der Waals surface area contributed by atoms with Gasteiger partial charge in [0.25, 0.3) is 0 Å². The highest BCUT2D eigenvalue weighted by atomic mass is 16.5. The second-order valence-corrected chi connectivity index (χ2v) is 4.58. The summed E-state index contributed by atoms with van der Waals surface area (Å²) in [5.41, 5.74) is 1.74. The molecule has 0 saturated carbocycles. The molecule has 0 bridgehead atoms.